The number of carbonyl (C=O) groups is 3. The fraction of sp³-hybridized carbons (Fsp3) is 0.270. The Hall–Kier alpha value is -5.19. The summed E-state index contributed by atoms with van der Waals surface area (Å²) >= 11 is 0. The molecule has 4 atom stereocenters. The molecule has 0 spiro atoms. The maximum Gasteiger partial charge on any atom is 0.335 e. The molecule has 2 aromatic heterocycles. The first-order valence-electron chi connectivity index (χ1n) is 15.6. The van der Waals surface area contributed by atoms with Crippen LogP contribution in [0.3, 0.4) is 0 Å². The predicted octanol–water partition coefficient (Wildman–Crippen LogP) is 5.96. The maximum absolute atomic E-state index is 14.0. The number of allylic oxidation sites excluding steroid dienone is 2. The molecule has 0 saturated carbocycles. The van der Waals surface area contributed by atoms with Crippen molar-refractivity contribution in [2.24, 2.45) is 0 Å². The van der Waals surface area contributed by atoms with E-state index in [0.29, 0.717) is 24.1 Å². The zero-order chi connectivity index (χ0) is 32.9. The van der Waals surface area contributed by atoms with Gasteiger partial charge >= 0.3 is 5.97 Å². The first kappa shape index (κ1) is 29.2. The summed E-state index contributed by atoms with van der Waals surface area (Å²) in [4.78, 5) is 40.8. The minimum Gasteiger partial charge on any atom is -0.478 e. The van der Waals surface area contributed by atoms with Crippen molar-refractivity contribution in [3.05, 3.63) is 101 Å². The Kier molecular flexibility index (Phi) is 6.31. The van der Waals surface area contributed by atoms with E-state index in [2.05, 4.69) is 40.1 Å². The molecule has 10 heteroatoms. The molecule has 3 aliphatic heterocycles. The monoisotopic (exact) mass is 630 g/mol. The molecule has 0 unspecified atom stereocenters. The van der Waals surface area contributed by atoms with Crippen LogP contribution in [0.4, 0.5) is 0 Å². The molecule has 1 fully saturated rings. The van der Waals surface area contributed by atoms with Crippen molar-refractivity contribution in [1.29, 1.82) is 0 Å². The quantitative estimate of drug-likeness (QED) is 0.224. The second-order valence-corrected chi connectivity index (χ2v) is 12.7. The highest BCUT2D eigenvalue weighted by molar-refractivity contribution is 6.28. The van der Waals surface area contributed by atoms with Gasteiger partial charge in [0.1, 0.15) is 12.3 Å². The molecular weight excluding hydrogens is 596 g/mol. The number of likely N-dealkylation sites (N-methyl/N-ethyl adjacent to an activating group) is 1. The number of amides is 2. The van der Waals surface area contributed by atoms with Crippen LogP contribution in [0.5, 0.6) is 0 Å². The zero-order valence-corrected chi connectivity index (χ0v) is 26.5. The fourth-order valence-electron chi connectivity index (χ4n) is 8.43. The third-order valence-corrected chi connectivity index (χ3v) is 10.4. The number of hydrogen-bond donors (Lipinski definition) is 2. The molecule has 5 aromatic rings. The van der Waals surface area contributed by atoms with Gasteiger partial charge in [-0.25, -0.2) is 4.79 Å². The lowest BCUT2D eigenvalue weighted by molar-refractivity contribution is -0.266. The standard InChI is InChI=1S/C37H34N4O6/c1-6-7-10-22-19(2)41-32-28(22)24-18-38-34(42)30(24)29-23-11-8-9-12-25(23)40(31(29)32)27-17-26(33(46-5)37(41,3)47-27)39(4)35(43)20-13-15-21(16-14-20)36(44)45/h6-16,26-27,33H,1,17-18H2,2-5H3,(H,38,42)(H,44,45)/b10-7-/t26-,27-,33-,37+/m1/s1. The summed E-state index contributed by atoms with van der Waals surface area (Å²) < 4.78 is 17.9. The van der Waals surface area contributed by atoms with Crippen molar-refractivity contribution in [3.8, 4) is 0 Å². The van der Waals surface area contributed by atoms with Crippen LogP contribution in [0.1, 0.15) is 67.5 Å². The number of carboxylic acids is 1. The van der Waals surface area contributed by atoms with Crippen LogP contribution in [-0.2, 0) is 21.7 Å². The number of carbonyl (C=O) groups excluding carboxylic acids is 2. The van der Waals surface area contributed by atoms with Crippen LogP contribution < -0.4 is 5.32 Å². The average Bonchev–Trinajstić information content (AvgIpc) is 3.69. The Morgan fingerprint density at radius 1 is 1.13 bits per heavy atom. The summed E-state index contributed by atoms with van der Waals surface area (Å²) in [5.74, 6) is -1.40. The van der Waals surface area contributed by atoms with Gasteiger partial charge in [-0.2, -0.15) is 0 Å². The Balaban J connectivity index is 1.43. The number of benzene rings is 3. The molecule has 3 aliphatic rings. The largest absolute Gasteiger partial charge is 0.478 e. The number of fused-ring (bicyclic) bond motifs is 10. The highest BCUT2D eigenvalue weighted by atomic mass is 16.6. The minimum absolute atomic E-state index is 0.0971. The maximum atomic E-state index is 14.0. The third kappa shape index (κ3) is 3.76. The molecule has 0 aliphatic carbocycles. The summed E-state index contributed by atoms with van der Waals surface area (Å²) in [5, 5.41) is 15.3. The fourth-order valence-corrected chi connectivity index (χ4v) is 8.43. The second kappa shape index (κ2) is 10.2. The van der Waals surface area contributed by atoms with Crippen LogP contribution in [0.25, 0.3) is 38.8 Å². The lowest BCUT2D eigenvalue weighted by atomic mass is 9.91. The molecule has 1 saturated heterocycles. The van der Waals surface area contributed by atoms with E-state index in [-0.39, 0.29) is 17.4 Å². The van der Waals surface area contributed by atoms with E-state index in [0.717, 1.165) is 49.5 Å². The highest BCUT2D eigenvalue weighted by Gasteiger charge is 2.55. The molecule has 5 heterocycles. The summed E-state index contributed by atoms with van der Waals surface area (Å²) in [6.45, 7) is 8.39. The number of para-hydroxylation sites is 1. The van der Waals surface area contributed by atoms with Gasteiger partial charge in [-0.05, 0) is 49.7 Å². The number of nitrogens with one attached hydrogen (secondary N) is 1. The van der Waals surface area contributed by atoms with Gasteiger partial charge in [-0.15, -0.1) is 0 Å². The number of hydrogen-bond acceptors (Lipinski definition) is 5. The average molecular weight is 631 g/mol. The number of aromatic carboxylic acids is 1. The van der Waals surface area contributed by atoms with Crippen LogP contribution in [0.15, 0.2) is 67.3 Å². The topological polar surface area (TPSA) is 115 Å². The Morgan fingerprint density at radius 3 is 2.55 bits per heavy atom. The Labute approximate surface area is 270 Å². The smallest absolute Gasteiger partial charge is 0.335 e. The molecule has 0 radical (unpaired) electrons. The Bertz CT molecular complexity index is 2240. The van der Waals surface area contributed by atoms with Gasteiger partial charge in [0.25, 0.3) is 11.8 Å². The van der Waals surface area contributed by atoms with E-state index in [1.807, 2.05) is 31.2 Å². The summed E-state index contributed by atoms with van der Waals surface area (Å²) in [7, 11) is 3.40. The van der Waals surface area contributed by atoms with E-state index < -0.39 is 30.1 Å². The van der Waals surface area contributed by atoms with E-state index in [1.54, 1.807) is 37.3 Å². The van der Waals surface area contributed by atoms with E-state index in [9.17, 15) is 19.5 Å². The number of nitrogens with zero attached hydrogens (tertiary/aromatic N) is 3. The van der Waals surface area contributed by atoms with Crippen molar-refractivity contribution in [2.75, 3.05) is 14.2 Å². The summed E-state index contributed by atoms with van der Waals surface area (Å²) in [6, 6.07) is 13.6. The molecule has 8 rings (SSSR count). The summed E-state index contributed by atoms with van der Waals surface area (Å²) in [6.07, 6.45) is 4.97. The summed E-state index contributed by atoms with van der Waals surface area (Å²) in [5.41, 5.74) is 5.76. The van der Waals surface area contributed by atoms with Crippen LogP contribution in [0, 0.1) is 6.92 Å². The van der Waals surface area contributed by atoms with Gasteiger partial charge in [0.15, 0.2) is 5.72 Å². The van der Waals surface area contributed by atoms with Crippen LogP contribution in [-0.4, -0.2) is 63.2 Å². The molecule has 2 amide bonds. The van der Waals surface area contributed by atoms with Gasteiger partial charge in [0.2, 0.25) is 0 Å². The number of methoxy groups -OCH3 is 1. The molecule has 2 bridgehead atoms. The number of carboxylic acid groups (broad SMARTS) is 1. The van der Waals surface area contributed by atoms with Crippen molar-refractivity contribution < 1.29 is 29.0 Å². The predicted molar refractivity (Wildman–Crippen MR) is 179 cm³/mol. The van der Waals surface area contributed by atoms with Gasteiger partial charge < -0.3 is 33.9 Å². The van der Waals surface area contributed by atoms with Gasteiger partial charge in [0, 0.05) is 60.1 Å². The van der Waals surface area contributed by atoms with Crippen molar-refractivity contribution >= 4 is 56.6 Å². The van der Waals surface area contributed by atoms with Gasteiger partial charge in [0.05, 0.1) is 33.7 Å². The molecule has 238 valence electrons. The lowest BCUT2D eigenvalue weighted by Crippen LogP contribution is -2.61. The minimum atomic E-state index is -1.08. The number of aromatic nitrogens is 2. The SMILES string of the molecule is C=C/C=C\c1c(C)n2c3c1c1c(c4c5ccccc5n(c43)[C@H]3C[C@@H](N(C)C(=O)c4ccc(C(=O)O)cc4)[C@@H](OC)[C@]2(C)O3)C(=O)NC1. The first-order valence-corrected chi connectivity index (χ1v) is 15.6. The molecular formula is C37H34N4O6. The van der Waals surface area contributed by atoms with E-state index in [1.165, 1.54) is 12.1 Å². The van der Waals surface area contributed by atoms with Gasteiger partial charge in [-0.1, -0.05) is 43.0 Å². The highest BCUT2D eigenvalue weighted by Crippen LogP contribution is 2.53. The lowest BCUT2D eigenvalue weighted by Gasteiger charge is -2.50. The number of ether oxygens (including phenoxy) is 2. The molecule has 3 aromatic carbocycles. The van der Waals surface area contributed by atoms with Gasteiger partial charge in [-0.3, -0.25) is 9.59 Å². The molecule has 10 nitrogen and oxygen atoms in total. The van der Waals surface area contributed by atoms with Crippen LogP contribution in [0.2, 0.25) is 0 Å². The van der Waals surface area contributed by atoms with Crippen molar-refractivity contribution in [3.63, 3.8) is 0 Å². The Morgan fingerprint density at radius 2 is 1.85 bits per heavy atom. The third-order valence-electron chi connectivity index (χ3n) is 10.4. The zero-order valence-electron chi connectivity index (χ0n) is 26.5. The van der Waals surface area contributed by atoms with Crippen LogP contribution >= 0.6 is 0 Å². The van der Waals surface area contributed by atoms with E-state index >= 15 is 0 Å². The number of rotatable bonds is 6. The molecule has 47 heavy (non-hydrogen) atoms. The second-order valence-electron chi connectivity index (χ2n) is 12.7. The van der Waals surface area contributed by atoms with E-state index in [4.69, 9.17) is 9.47 Å². The van der Waals surface area contributed by atoms with Crippen molar-refractivity contribution in [1.82, 2.24) is 19.4 Å². The van der Waals surface area contributed by atoms with Crippen molar-refractivity contribution in [2.45, 2.75) is 50.9 Å². The molecule has 2 N–H and O–H groups in total. The first-order chi connectivity index (χ1) is 22.6. The normalized spacial score (nSPS) is 23.1.